The van der Waals surface area contributed by atoms with Crippen LogP contribution in [0.25, 0.3) is 11.5 Å². The van der Waals surface area contributed by atoms with Crippen LogP contribution in [0.5, 0.6) is 5.75 Å². The summed E-state index contributed by atoms with van der Waals surface area (Å²) in [6, 6.07) is 3.28. The van der Waals surface area contributed by atoms with E-state index in [1.165, 1.54) is 0 Å². The summed E-state index contributed by atoms with van der Waals surface area (Å²) < 4.78 is 5.71. The maximum absolute atomic E-state index is 12.7. The molecule has 0 amide bonds. The summed E-state index contributed by atoms with van der Waals surface area (Å²) in [6.45, 7) is 9.63. The van der Waals surface area contributed by atoms with Crippen molar-refractivity contribution in [1.82, 2.24) is 15.0 Å². The van der Waals surface area contributed by atoms with Crippen molar-refractivity contribution in [3.8, 4) is 17.3 Å². The maximum Gasteiger partial charge on any atom is 0.180 e. The van der Waals surface area contributed by atoms with Crippen LogP contribution in [-0.2, 0) is 17.6 Å². The summed E-state index contributed by atoms with van der Waals surface area (Å²) in [5.74, 6) is 2.48. The van der Waals surface area contributed by atoms with Crippen LogP contribution in [0.3, 0.4) is 0 Å². The van der Waals surface area contributed by atoms with Crippen molar-refractivity contribution in [3.63, 3.8) is 0 Å². The minimum Gasteiger partial charge on any atom is -0.490 e. The molecule has 2 heterocycles. The number of hydrogen-bond donors (Lipinski definition) is 1. The summed E-state index contributed by atoms with van der Waals surface area (Å²) in [6.07, 6.45) is 5.06. The predicted molar refractivity (Wildman–Crippen MR) is 121 cm³/mol. The third-order valence-electron chi connectivity index (χ3n) is 5.45. The van der Waals surface area contributed by atoms with Crippen molar-refractivity contribution in [3.05, 3.63) is 29.6 Å². The van der Waals surface area contributed by atoms with Crippen LogP contribution in [0.1, 0.15) is 58.7 Å². The fourth-order valence-electron chi connectivity index (χ4n) is 3.67. The number of aromatic nitrogens is 3. The smallest absolute Gasteiger partial charge is 0.180 e. The van der Waals surface area contributed by atoms with Gasteiger partial charge in [0, 0.05) is 37.0 Å². The number of likely N-dealkylation sites (N-methyl/N-ethyl adjacent to an activating group) is 1. The van der Waals surface area contributed by atoms with Crippen molar-refractivity contribution in [2.75, 3.05) is 18.6 Å². The van der Waals surface area contributed by atoms with Gasteiger partial charge in [0.05, 0.1) is 11.6 Å². The fraction of sp³-hybridized carbons (Fsp3) is 0.583. The third kappa shape index (κ3) is 5.79. The van der Waals surface area contributed by atoms with Crippen LogP contribution >= 0.6 is 0 Å². The maximum atomic E-state index is 12.7. The molecule has 168 valence electrons. The van der Waals surface area contributed by atoms with E-state index in [-0.39, 0.29) is 18.4 Å². The van der Waals surface area contributed by atoms with Gasteiger partial charge in [0.1, 0.15) is 23.9 Å². The molecule has 0 saturated heterocycles. The molecule has 0 radical (unpaired) electrons. The van der Waals surface area contributed by atoms with Crippen LogP contribution in [-0.4, -0.2) is 51.1 Å². The van der Waals surface area contributed by atoms with Gasteiger partial charge >= 0.3 is 0 Å². The molecule has 0 bridgehead atoms. The summed E-state index contributed by atoms with van der Waals surface area (Å²) in [5.41, 5.74) is 1.84. The Labute approximate surface area is 184 Å². The lowest BCUT2D eigenvalue weighted by Gasteiger charge is -2.27. The zero-order valence-electron chi connectivity index (χ0n) is 19.5. The van der Waals surface area contributed by atoms with Gasteiger partial charge in [-0.15, -0.1) is 0 Å². The summed E-state index contributed by atoms with van der Waals surface area (Å²) >= 11 is 0. The quantitative estimate of drug-likeness (QED) is 0.655. The van der Waals surface area contributed by atoms with Gasteiger partial charge in [-0.1, -0.05) is 13.8 Å². The third-order valence-corrected chi connectivity index (χ3v) is 5.45. The predicted octanol–water partition coefficient (Wildman–Crippen LogP) is 3.62. The van der Waals surface area contributed by atoms with E-state index in [1.807, 2.05) is 18.9 Å². The SMILES string of the molecule is CC(C)CC(=O)[C@@H](C)N(C)c1nc(-c2cc(OCC(C)(C)O)ccn2)nc2c1CCC2. The minimum absolute atomic E-state index is 0.172. The first kappa shape index (κ1) is 23.1. The largest absolute Gasteiger partial charge is 0.490 e. The molecule has 3 rings (SSSR count). The Hall–Kier alpha value is -2.54. The lowest BCUT2D eigenvalue weighted by Crippen LogP contribution is -2.37. The molecule has 0 aromatic carbocycles. The Morgan fingerprint density at radius 2 is 2.00 bits per heavy atom. The first-order chi connectivity index (χ1) is 14.5. The molecule has 2 aromatic rings. The fourth-order valence-corrected chi connectivity index (χ4v) is 3.67. The lowest BCUT2D eigenvalue weighted by atomic mass is 10.0. The van der Waals surface area contributed by atoms with E-state index >= 15 is 0 Å². The molecule has 0 spiro atoms. The molecule has 0 aliphatic heterocycles. The molecule has 1 atom stereocenters. The van der Waals surface area contributed by atoms with E-state index in [0.29, 0.717) is 29.6 Å². The topological polar surface area (TPSA) is 88.4 Å². The van der Waals surface area contributed by atoms with E-state index < -0.39 is 5.60 Å². The molecule has 1 aliphatic carbocycles. The molecule has 0 unspecified atom stereocenters. The van der Waals surface area contributed by atoms with Gasteiger partial charge in [0.15, 0.2) is 11.6 Å². The monoisotopic (exact) mass is 426 g/mol. The van der Waals surface area contributed by atoms with Crippen LogP contribution in [0, 0.1) is 5.92 Å². The molecule has 31 heavy (non-hydrogen) atoms. The second kappa shape index (κ2) is 9.30. The van der Waals surface area contributed by atoms with Crippen LogP contribution in [0.4, 0.5) is 5.82 Å². The second-order valence-electron chi connectivity index (χ2n) is 9.48. The Kier molecular flexibility index (Phi) is 6.94. The van der Waals surface area contributed by atoms with Crippen LogP contribution < -0.4 is 9.64 Å². The molecule has 0 saturated carbocycles. The molecule has 1 N–H and O–H groups in total. The molecule has 7 nitrogen and oxygen atoms in total. The van der Waals surface area contributed by atoms with Crippen molar-refractivity contribution < 1.29 is 14.6 Å². The highest BCUT2D eigenvalue weighted by Gasteiger charge is 2.27. The van der Waals surface area contributed by atoms with E-state index in [2.05, 4.69) is 18.8 Å². The van der Waals surface area contributed by atoms with E-state index in [9.17, 15) is 9.90 Å². The number of carbonyl (C=O) groups excluding carboxylic acids is 1. The zero-order valence-corrected chi connectivity index (χ0v) is 19.5. The summed E-state index contributed by atoms with van der Waals surface area (Å²) in [4.78, 5) is 28.7. The number of carbonyl (C=O) groups is 1. The highest BCUT2D eigenvalue weighted by Crippen LogP contribution is 2.32. The van der Waals surface area contributed by atoms with Gasteiger partial charge in [-0.3, -0.25) is 9.78 Å². The number of Topliss-reactive ketones (excluding diaryl/α,β-unsaturated/α-hetero) is 1. The van der Waals surface area contributed by atoms with Gasteiger partial charge in [-0.05, 0) is 52.0 Å². The molecular weight excluding hydrogens is 392 g/mol. The number of ether oxygens (including phenoxy) is 1. The van der Waals surface area contributed by atoms with Gasteiger partial charge < -0.3 is 14.7 Å². The average molecular weight is 427 g/mol. The number of ketones is 1. The van der Waals surface area contributed by atoms with Gasteiger partial charge in [0.2, 0.25) is 0 Å². The van der Waals surface area contributed by atoms with Crippen LogP contribution in [0.2, 0.25) is 0 Å². The molecule has 2 aromatic heterocycles. The zero-order chi connectivity index (χ0) is 22.8. The Morgan fingerprint density at radius 3 is 2.68 bits per heavy atom. The first-order valence-electron chi connectivity index (χ1n) is 11.0. The second-order valence-corrected chi connectivity index (χ2v) is 9.48. The van der Waals surface area contributed by atoms with E-state index in [1.54, 1.807) is 32.2 Å². The van der Waals surface area contributed by atoms with Crippen molar-refractivity contribution in [2.45, 2.75) is 71.9 Å². The summed E-state index contributed by atoms with van der Waals surface area (Å²) in [5, 5.41) is 9.92. The van der Waals surface area contributed by atoms with Gasteiger partial charge in [0.25, 0.3) is 0 Å². The Bertz CT molecular complexity index is 937. The first-order valence-corrected chi connectivity index (χ1v) is 11.0. The van der Waals surface area contributed by atoms with Gasteiger partial charge in [-0.25, -0.2) is 9.97 Å². The standard InChI is InChI=1S/C24H34N4O3/c1-15(2)12-21(29)16(3)28(6)23-18-8-7-9-19(18)26-22(27-23)20-13-17(10-11-25-20)31-14-24(4,5)30/h10-11,13,15-16,30H,7-9,12,14H2,1-6H3/t16-/m1/s1. The number of hydrogen-bond acceptors (Lipinski definition) is 7. The highest BCUT2D eigenvalue weighted by molar-refractivity contribution is 5.87. The van der Waals surface area contributed by atoms with E-state index in [4.69, 9.17) is 14.7 Å². The van der Waals surface area contributed by atoms with Crippen LogP contribution in [0.15, 0.2) is 18.3 Å². The average Bonchev–Trinajstić information content (AvgIpc) is 3.18. The summed E-state index contributed by atoms with van der Waals surface area (Å²) in [7, 11) is 1.93. The molecule has 1 aliphatic rings. The minimum atomic E-state index is -0.929. The van der Waals surface area contributed by atoms with E-state index in [0.717, 1.165) is 36.3 Å². The Balaban J connectivity index is 1.93. The lowest BCUT2D eigenvalue weighted by molar-refractivity contribution is -0.120. The Morgan fingerprint density at radius 1 is 1.26 bits per heavy atom. The number of rotatable bonds is 9. The van der Waals surface area contributed by atoms with Crippen molar-refractivity contribution in [2.24, 2.45) is 5.92 Å². The number of aliphatic hydroxyl groups is 1. The number of pyridine rings is 1. The molecule has 0 fully saturated rings. The number of aryl methyl sites for hydroxylation is 1. The van der Waals surface area contributed by atoms with Gasteiger partial charge in [-0.2, -0.15) is 0 Å². The normalized spacial score (nSPS) is 14.5. The highest BCUT2D eigenvalue weighted by atomic mass is 16.5. The number of anilines is 1. The van der Waals surface area contributed by atoms with Crippen molar-refractivity contribution in [1.29, 1.82) is 0 Å². The number of fused-ring (bicyclic) bond motifs is 1. The molecule has 7 heteroatoms. The number of nitrogens with zero attached hydrogens (tertiary/aromatic N) is 4. The molecular formula is C24H34N4O3. The van der Waals surface area contributed by atoms with Crippen molar-refractivity contribution >= 4 is 11.6 Å².